The maximum absolute atomic E-state index is 5.98. The first-order valence-electron chi connectivity index (χ1n) is 6.44. The van der Waals surface area contributed by atoms with Gasteiger partial charge in [0.1, 0.15) is 0 Å². The van der Waals surface area contributed by atoms with Crippen LogP contribution in [0.1, 0.15) is 25.6 Å². The molecule has 1 aromatic rings. The third-order valence-corrected chi connectivity index (χ3v) is 5.08. The standard InChI is InChI=1S/C14H26N2OS/c1-11(9-13-7-6-8-18-13)16(4)14(3,10-15)12(2)17-5/h6-8,11-12H,9-10,15H2,1-5H3. The van der Waals surface area contributed by atoms with E-state index in [4.69, 9.17) is 10.5 Å². The van der Waals surface area contributed by atoms with Crippen molar-refractivity contribution in [3.63, 3.8) is 0 Å². The van der Waals surface area contributed by atoms with Crippen molar-refractivity contribution in [2.45, 2.75) is 44.9 Å². The van der Waals surface area contributed by atoms with E-state index >= 15 is 0 Å². The molecule has 0 bridgehead atoms. The normalized spacial score (nSPS) is 18.6. The lowest BCUT2D eigenvalue weighted by atomic mass is 9.91. The van der Waals surface area contributed by atoms with Gasteiger partial charge in [-0.05, 0) is 45.7 Å². The molecule has 104 valence electrons. The van der Waals surface area contributed by atoms with Crippen molar-refractivity contribution < 1.29 is 4.74 Å². The molecule has 3 unspecified atom stereocenters. The van der Waals surface area contributed by atoms with Crippen molar-refractivity contribution in [2.75, 3.05) is 20.7 Å². The fourth-order valence-electron chi connectivity index (χ4n) is 2.21. The van der Waals surface area contributed by atoms with E-state index in [2.05, 4.69) is 50.2 Å². The van der Waals surface area contributed by atoms with Gasteiger partial charge in [0.15, 0.2) is 0 Å². The van der Waals surface area contributed by atoms with Crippen LogP contribution in [0.5, 0.6) is 0 Å². The Kier molecular flexibility index (Phi) is 5.79. The van der Waals surface area contributed by atoms with Gasteiger partial charge in [0.05, 0.1) is 11.6 Å². The maximum Gasteiger partial charge on any atom is 0.0736 e. The van der Waals surface area contributed by atoms with Gasteiger partial charge < -0.3 is 10.5 Å². The second kappa shape index (κ2) is 6.66. The summed E-state index contributed by atoms with van der Waals surface area (Å²) in [6.07, 6.45) is 1.17. The highest BCUT2D eigenvalue weighted by atomic mass is 32.1. The zero-order chi connectivity index (χ0) is 13.8. The molecule has 1 rings (SSSR count). The number of thiophene rings is 1. The summed E-state index contributed by atoms with van der Waals surface area (Å²) < 4.78 is 5.49. The number of nitrogens with zero attached hydrogens (tertiary/aromatic N) is 1. The van der Waals surface area contributed by atoms with Crippen molar-refractivity contribution in [1.82, 2.24) is 4.90 Å². The second-order valence-electron chi connectivity index (χ2n) is 5.18. The van der Waals surface area contributed by atoms with E-state index in [0.717, 1.165) is 6.42 Å². The lowest BCUT2D eigenvalue weighted by molar-refractivity contribution is -0.0344. The minimum atomic E-state index is -0.134. The van der Waals surface area contributed by atoms with Crippen LogP contribution in [0.3, 0.4) is 0 Å². The van der Waals surface area contributed by atoms with Crippen LogP contribution in [0.4, 0.5) is 0 Å². The summed E-state index contributed by atoms with van der Waals surface area (Å²) in [5.74, 6) is 0. The number of hydrogen-bond acceptors (Lipinski definition) is 4. The summed E-state index contributed by atoms with van der Waals surface area (Å²) in [7, 11) is 3.89. The van der Waals surface area contributed by atoms with Gasteiger partial charge in [-0.3, -0.25) is 4.90 Å². The fraction of sp³-hybridized carbons (Fsp3) is 0.714. The minimum absolute atomic E-state index is 0.110. The Morgan fingerprint density at radius 1 is 1.50 bits per heavy atom. The Bertz CT molecular complexity index is 342. The summed E-state index contributed by atoms with van der Waals surface area (Å²) in [6.45, 7) is 7.09. The molecular weight excluding hydrogens is 244 g/mol. The van der Waals surface area contributed by atoms with Gasteiger partial charge in [-0.1, -0.05) is 6.07 Å². The largest absolute Gasteiger partial charge is 0.380 e. The van der Waals surface area contributed by atoms with E-state index < -0.39 is 0 Å². The first-order chi connectivity index (χ1) is 8.45. The summed E-state index contributed by atoms with van der Waals surface area (Å²) in [6, 6.07) is 4.73. The van der Waals surface area contributed by atoms with Gasteiger partial charge in [0.2, 0.25) is 0 Å². The highest BCUT2D eigenvalue weighted by Crippen LogP contribution is 2.24. The van der Waals surface area contributed by atoms with Crippen LogP contribution < -0.4 is 5.73 Å². The number of ether oxygens (including phenoxy) is 1. The first-order valence-corrected chi connectivity index (χ1v) is 7.31. The van der Waals surface area contributed by atoms with Crippen molar-refractivity contribution in [2.24, 2.45) is 5.73 Å². The van der Waals surface area contributed by atoms with E-state index in [1.165, 1.54) is 4.88 Å². The van der Waals surface area contributed by atoms with Crippen LogP contribution in [-0.4, -0.2) is 43.3 Å². The van der Waals surface area contributed by atoms with E-state index in [-0.39, 0.29) is 11.6 Å². The first kappa shape index (κ1) is 15.6. The lowest BCUT2D eigenvalue weighted by Crippen LogP contribution is -2.60. The second-order valence-corrected chi connectivity index (χ2v) is 6.21. The minimum Gasteiger partial charge on any atom is -0.380 e. The van der Waals surface area contributed by atoms with Crippen molar-refractivity contribution in [3.8, 4) is 0 Å². The Morgan fingerprint density at radius 3 is 2.61 bits per heavy atom. The van der Waals surface area contributed by atoms with Crippen molar-refractivity contribution >= 4 is 11.3 Å². The molecule has 18 heavy (non-hydrogen) atoms. The van der Waals surface area contributed by atoms with Gasteiger partial charge in [-0.25, -0.2) is 0 Å². The monoisotopic (exact) mass is 270 g/mol. The smallest absolute Gasteiger partial charge is 0.0736 e. The molecule has 0 fully saturated rings. The van der Waals surface area contributed by atoms with Crippen molar-refractivity contribution in [3.05, 3.63) is 22.4 Å². The molecule has 0 radical (unpaired) electrons. The van der Waals surface area contributed by atoms with Crippen LogP contribution in [-0.2, 0) is 11.2 Å². The van der Waals surface area contributed by atoms with Crippen LogP contribution in [0.2, 0.25) is 0 Å². The quantitative estimate of drug-likeness (QED) is 0.826. The highest BCUT2D eigenvalue weighted by molar-refractivity contribution is 7.09. The van der Waals surface area contributed by atoms with Gasteiger partial charge in [-0.2, -0.15) is 0 Å². The summed E-state index contributed by atoms with van der Waals surface area (Å²) >= 11 is 1.81. The average molecular weight is 270 g/mol. The van der Waals surface area contributed by atoms with Crippen LogP contribution in [0.25, 0.3) is 0 Å². The number of rotatable bonds is 7. The molecule has 0 spiro atoms. The molecule has 0 aliphatic carbocycles. The molecule has 0 aromatic carbocycles. The number of nitrogens with two attached hydrogens (primary N) is 1. The molecule has 3 nitrogen and oxygen atoms in total. The van der Waals surface area contributed by atoms with E-state index in [1.807, 2.05) is 11.3 Å². The Morgan fingerprint density at radius 2 is 2.17 bits per heavy atom. The molecule has 0 amide bonds. The zero-order valence-corrected chi connectivity index (χ0v) is 13.0. The lowest BCUT2D eigenvalue weighted by Gasteiger charge is -2.45. The van der Waals surface area contributed by atoms with E-state index in [9.17, 15) is 0 Å². The van der Waals surface area contributed by atoms with E-state index in [0.29, 0.717) is 12.6 Å². The third-order valence-electron chi connectivity index (χ3n) is 4.19. The van der Waals surface area contributed by atoms with E-state index in [1.54, 1.807) is 7.11 Å². The van der Waals surface area contributed by atoms with Gasteiger partial charge in [0, 0.05) is 24.6 Å². The molecule has 0 saturated heterocycles. The predicted molar refractivity (Wildman–Crippen MR) is 79.2 cm³/mol. The maximum atomic E-state index is 5.98. The predicted octanol–water partition coefficient (Wildman–Crippen LogP) is 2.36. The van der Waals surface area contributed by atoms with Crippen LogP contribution >= 0.6 is 11.3 Å². The third kappa shape index (κ3) is 3.32. The van der Waals surface area contributed by atoms with Crippen LogP contribution in [0.15, 0.2) is 17.5 Å². The molecule has 2 N–H and O–H groups in total. The molecule has 0 aliphatic rings. The molecule has 1 heterocycles. The molecule has 1 aromatic heterocycles. The summed E-state index contributed by atoms with van der Waals surface area (Å²) in [4.78, 5) is 3.76. The van der Waals surface area contributed by atoms with Crippen LogP contribution in [0, 0.1) is 0 Å². The molecule has 3 atom stereocenters. The summed E-state index contributed by atoms with van der Waals surface area (Å²) in [5, 5.41) is 2.13. The Hall–Kier alpha value is -0.420. The molecule has 4 heteroatoms. The topological polar surface area (TPSA) is 38.5 Å². The molecule has 0 aliphatic heterocycles. The summed E-state index contributed by atoms with van der Waals surface area (Å²) in [5.41, 5.74) is 5.84. The number of hydrogen-bond donors (Lipinski definition) is 1. The Labute approximate surface area is 115 Å². The van der Waals surface area contributed by atoms with Gasteiger partial charge in [-0.15, -0.1) is 11.3 Å². The number of likely N-dealkylation sites (N-methyl/N-ethyl adjacent to an activating group) is 1. The highest BCUT2D eigenvalue weighted by Gasteiger charge is 2.36. The van der Waals surface area contributed by atoms with Crippen molar-refractivity contribution in [1.29, 1.82) is 0 Å². The SMILES string of the molecule is COC(C)C(C)(CN)N(C)C(C)Cc1cccs1. The average Bonchev–Trinajstić information content (AvgIpc) is 2.88. The molecular formula is C14H26N2OS. The molecule has 0 saturated carbocycles. The zero-order valence-electron chi connectivity index (χ0n) is 12.1. The fourth-order valence-corrected chi connectivity index (χ4v) is 3.04. The Balaban J connectivity index is 2.74. The van der Waals surface area contributed by atoms with Gasteiger partial charge >= 0.3 is 0 Å². The number of methoxy groups -OCH3 is 1. The van der Waals surface area contributed by atoms with Gasteiger partial charge in [0.25, 0.3) is 0 Å².